The van der Waals surface area contributed by atoms with Gasteiger partial charge < -0.3 is 24.1 Å². The zero-order valence-electron chi connectivity index (χ0n) is 31.3. The summed E-state index contributed by atoms with van der Waals surface area (Å²) in [7, 11) is 0. The average Bonchev–Trinajstić information content (AvgIpc) is 3.25. The molecule has 1 spiro atoms. The van der Waals surface area contributed by atoms with Gasteiger partial charge in [-0.2, -0.15) is 0 Å². The number of ether oxygens (including phenoxy) is 4. The minimum atomic E-state index is -0.769. The van der Waals surface area contributed by atoms with E-state index in [1.54, 1.807) is 0 Å². The summed E-state index contributed by atoms with van der Waals surface area (Å²) in [5.74, 6) is 4.86. The van der Waals surface area contributed by atoms with E-state index >= 15 is 0 Å². The molecule has 2 bridgehead atoms. The molecule has 4 saturated heterocycles. The summed E-state index contributed by atoms with van der Waals surface area (Å²) in [6, 6.07) is 0. The van der Waals surface area contributed by atoms with Crippen molar-refractivity contribution in [1.82, 2.24) is 0 Å². The molecular formula is C41H68O7. The molecule has 0 aromatic carbocycles. The quantitative estimate of drug-likeness (QED) is 0.204. The van der Waals surface area contributed by atoms with Crippen LogP contribution in [0.3, 0.4) is 0 Å². The van der Waals surface area contributed by atoms with E-state index in [9.17, 15) is 5.11 Å². The molecule has 5 saturated carbocycles. The standard InChI is InChI=1S/C41H68O7/c1-8-9-24(2)29-12-13-32-28-23-35(42)34-22-27(14-17-39(34,6)33(28)15-18-38(29,32)5)43-20-21-44-36-26(4)31-11-10-25(3)30-16-19-40(7)46-37(45-36)41(30,31)48-47-40/h24-37,42H,8-23H2,1-7H3/t24-,25-,26-,27-,28?,29?,30?,31?,32?,33?,34?,35+,36?,37?,38-,39-,40+,41-/m1/s1. The molecule has 1 N–H and O–H groups in total. The number of fused-ring (bicyclic) bond motifs is 7. The summed E-state index contributed by atoms with van der Waals surface area (Å²) in [5, 5.41) is 11.8. The van der Waals surface area contributed by atoms with E-state index in [0.29, 0.717) is 42.3 Å². The molecule has 4 heterocycles. The first kappa shape index (κ1) is 34.8. The van der Waals surface area contributed by atoms with Gasteiger partial charge in [0.2, 0.25) is 5.79 Å². The molecule has 9 rings (SSSR count). The van der Waals surface area contributed by atoms with E-state index < -0.39 is 17.7 Å². The Bertz CT molecular complexity index is 1170. The first-order chi connectivity index (χ1) is 22.9. The Balaban J connectivity index is 0.866. The molecular weight excluding hydrogens is 604 g/mol. The van der Waals surface area contributed by atoms with Crippen LogP contribution in [-0.2, 0) is 28.7 Å². The van der Waals surface area contributed by atoms with Gasteiger partial charge in [0.1, 0.15) is 0 Å². The zero-order chi connectivity index (χ0) is 33.6. The monoisotopic (exact) mass is 672 g/mol. The highest BCUT2D eigenvalue weighted by atomic mass is 17.3. The summed E-state index contributed by atoms with van der Waals surface area (Å²) >= 11 is 0. The van der Waals surface area contributed by atoms with Crippen molar-refractivity contribution in [2.75, 3.05) is 13.2 Å². The number of aliphatic hydroxyl groups excluding tert-OH is 1. The summed E-state index contributed by atoms with van der Waals surface area (Å²) in [5.41, 5.74) is 0.142. The van der Waals surface area contributed by atoms with E-state index in [0.717, 1.165) is 62.2 Å². The minimum absolute atomic E-state index is 0.175. The zero-order valence-corrected chi connectivity index (χ0v) is 31.3. The molecule has 7 nitrogen and oxygen atoms in total. The van der Waals surface area contributed by atoms with Gasteiger partial charge in [-0.3, -0.25) is 0 Å². The third kappa shape index (κ3) is 5.27. The van der Waals surface area contributed by atoms with Crippen LogP contribution in [0, 0.1) is 70.0 Å². The van der Waals surface area contributed by atoms with Crippen LogP contribution in [-0.4, -0.2) is 54.5 Å². The van der Waals surface area contributed by atoms with Crippen LogP contribution in [0.1, 0.15) is 138 Å². The largest absolute Gasteiger partial charge is 0.393 e. The van der Waals surface area contributed by atoms with Crippen LogP contribution in [0.4, 0.5) is 0 Å². The highest BCUT2D eigenvalue weighted by molar-refractivity contribution is 5.12. The highest BCUT2D eigenvalue weighted by Gasteiger charge is 2.69. The highest BCUT2D eigenvalue weighted by Crippen LogP contribution is 2.68. The molecule has 18 atom stereocenters. The van der Waals surface area contributed by atoms with Crippen molar-refractivity contribution in [1.29, 1.82) is 0 Å². The van der Waals surface area contributed by atoms with Crippen molar-refractivity contribution in [3.8, 4) is 0 Å². The van der Waals surface area contributed by atoms with Crippen molar-refractivity contribution in [2.24, 2.45) is 70.0 Å². The Kier molecular flexibility index (Phi) is 9.20. The second kappa shape index (κ2) is 12.7. The van der Waals surface area contributed by atoms with Gasteiger partial charge in [-0.1, -0.05) is 54.4 Å². The number of hydrogen-bond donors (Lipinski definition) is 1. The Morgan fingerprint density at radius 1 is 0.771 bits per heavy atom. The van der Waals surface area contributed by atoms with Crippen LogP contribution in [0.2, 0.25) is 0 Å². The second-order valence-corrected chi connectivity index (χ2v) is 19.2. The van der Waals surface area contributed by atoms with Crippen molar-refractivity contribution < 1.29 is 33.8 Å². The normalized spacial score (nSPS) is 56.4. The van der Waals surface area contributed by atoms with E-state index in [1.165, 1.54) is 51.4 Å². The van der Waals surface area contributed by atoms with Crippen LogP contribution in [0.5, 0.6) is 0 Å². The maximum Gasteiger partial charge on any atom is 0.201 e. The molecule has 4 aliphatic heterocycles. The van der Waals surface area contributed by atoms with E-state index in [1.807, 2.05) is 6.92 Å². The first-order valence-corrected chi connectivity index (χ1v) is 20.5. The molecule has 0 aromatic heterocycles. The van der Waals surface area contributed by atoms with Gasteiger partial charge in [0.25, 0.3) is 0 Å². The SMILES string of the molecule is CCC[C@@H](C)C1CCC2C3C[C@H](O)C4C[C@H](OCCOC5OC6O[C@]7(C)CCC8[C@H](C)CCC([C@H]5C)[C@@]68OO7)CC[C@]4(C)C3CC[C@@]21C. The second-order valence-electron chi connectivity index (χ2n) is 19.2. The molecule has 9 unspecified atom stereocenters. The van der Waals surface area contributed by atoms with Gasteiger partial charge in [0.05, 0.1) is 25.4 Å². The topological polar surface area (TPSA) is 75.6 Å². The van der Waals surface area contributed by atoms with E-state index in [-0.39, 0.29) is 35.7 Å². The summed E-state index contributed by atoms with van der Waals surface area (Å²) in [6.07, 6.45) is 15.7. The Labute approximate surface area is 291 Å². The Hall–Kier alpha value is -0.280. The minimum Gasteiger partial charge on any atom is -0.393 e. The van der Waals surface area contributed by atoms with Crippen molar-refractivity contribution in [3.05, 3.63) is 0 Å². The fourth-order valence-corrected chi connectivity index (χ4v) is 14.5. The first-order valence-electron chi connectivity index (χ1n) is 20.5. The smallest absolute Gasteiger partial charge is 0.201 e. The maximum atomic E-state index is 11.8. The molecule has 0 amide bonds. The van der Waals surface area contributed by atoms with Crippen LogP contribution in [0.15, 0.2) is 0 Å². The number of aliphatic hydroxyl groups is 1. The third-order valence-corrected chi connectivity index (χ3v) is 17.0. The fraction of sp³-hybridized carbons (Fsp3) is 1.00. The number of rotatable bonds is 8. The molecule has 9 aliphatic rings. The fourth-order valence-electron chi connectivity index (χ4n) is 14.5. The van der Waals surface area contributed by atoms with Crippen LogP contribution >= 0.6 is 0 Å². The molecule has 48 heavy (non-hydrogen) atoms. The Morgan fingerprint density at radius 3 is 2.31 bits per heavy atom. The van der Waals surface area contributed by atoms with Gasteiger partial charge in [0, 0.05) is 18.3 Å². The van der Waals surface area contributed by atoms with Crippen molar-refractivity contribution >= 4 is 0 Å². The molecule has 0 aromatic rings. The lowest BCUT2D eigenvalue weighted by atomic mass is 9.43. The van der Waals surface area contributed by atoms with Crippen molar-refractivity contribution in [3.63, 3.8) is 0 Å². The predicted molar refractivity (Wildman–Crippen MR) is 183 cm³/mol. The summed E-state index contributed by atoms with van der Waals surface area (Å²) < 4.78 is 26.2. The molecule has 9 fully saturated rings. The predicted octanol–water partition coefficient (Wildman–Crippen LogP) is 8.66. The van der Waals surface area contributed by atoms with Crippen molar-refractivity contribution in [2.45, 2.75) is 175 Å². The molecule has 274 valence electrons. The van der Waals surface area contributed by atoms with Gasteiger partial charge in [0.15, 0.2) is 18.2 Å². The molecule has 5 aliphatic carbocycles. The van der Waals surface area contributed by atoms with Gasteiger partial charge in [-0.15, -0.1) is 0 Å². The van der Waals surface area contributed by atoms with Gasteiger partial charge in [-0.25, -0.2) is 9.78 Å². The summed E-state index contributed by atoms with van der Waals surface area (Å²) in [4.78, 5) is 12.3. The third-order valence-electron chi connectivity index (χ3n) is 17.0. The number of hydrogen-bond acceptors (Lipinski definition) is 7. The van der Waals surface area contributed by atoms with Gasteiger partial charge in [-0.05, 0) is 136 Å². The van der Waals surface area contributed by atoms with E-state index in [4.69, 9.17) is 28.7 Å². The van der Waals surface area contributed by atoms with Crippen LogP contribution < -0.4 is 0 Å². The van der Waals surface area contributed by atoms with Gasteiger partial charge >= 0.3 is 0 Å². The van der Waals surface area contributed by atoms with E-state index in [2.05, 4.69) is 41.5 Å². The lowest BCUT2D eigenvalue weighted by molar-refractivity contribution is -0.577. The van der Waals surface area contributed by atoms with Crippen LogP contribution in [0.25, 0.3) is 0 Å². The molecule has 7 heteroatoms. The Morgan fingerprint density at radius 2 is 1.50 bits per heavy atom. The lowest BCUT2D eigenvalue weighted by Gasteiger charge is -2.62. The average molecular weight is 673 g/mol. The lowest BCUT2D eigenvalue weighted by Crippen LogP contribution is -2.70. The maximum absolute atomic E-state index is 11.8. The molecule has 0 radical (unpaired) electrons. The summed E-state index contributed by atoms with van der Waals surface area (Å²) in [6.45, 7) is 17.7.